The lowest BCUT2D eigenvalue weighted by Gasteiger charge is -2.05. The molecule has 50 heavy (non-hydrogen) atoms. The van der Waals surface area contributed by atoms with E-state index >= 15 is 0 Å². The third-order valence-electron chi connectivity index (χ3n) is 10.0. The van der Waals surface area contributed by atoms with Crippen molar-refractivity contribution in [3.8, 4) is 0 Å². The van der Waals surface area contributed by atoms with Gasteiger partial charge in [-0.05, 0) is 32.1 Å². The van der Waals surface area contributed by atoms with Gasteiger partial charge in [0.15, 0.2) is 6.29 Å². The molecule has 0 fully saturated rings. The van der Waals surface area contributed by atoms with Crippen molar-refractivity contribution in [2.24, 2.45) is 0 Å². The van der Waals surface area contributed by atoms with E-state index in [1.54, 1.807) is 5.48 Å². The standard InChI is InChI=1S/C28H58O.C16H33NO4/c1-3-5-7-9-11-13-15-17-19-21-23-25-27-29-28-26-24-22-20-18-16-14-12-10-8-6-4-2;18-15(17-21)13-11-9-7-5-3-1-2-4-6-8-10-12-14-16(19)20/h3-28H2,1-2H3;16,19-21H,1-14H2,(H,17,18). The van der Waals surface area contributed by atoms with Gasteiger partial charge in [-0.3, -0.25) is 10.0 Å². The first-order valence-corrected chi connectivity index (χ1v) is 22.4. The van der Waals surface area contributed by atoms with Crippen LogP contribution in [0.5, 0.6) is 0 Å². The first-order chi connectivity index (χ1) is 24.6. The highest BCUT2D eigenvalue weighted by Gasteiger charge is 2.00. The van der Waals surface area contributed by atoms with Crippen molar-refractivity contribution in [3.05, 3.63) is 0 Å². The fourth-order valence-corrected chi connectivity index (χ4v) is 6.63. The number of carbonyl (C=O) groups excluding carboxylic acids is 1. The normalized spacial score (nSPS) is 11.2. The molecule has 0 aliphatic rings. The Kier molecular flexibility index (Phi) is 49.7. The van der Waals surface area contributed by atoms with Crippen molar-refractivity contribution < 1.29 is 25.0 Å². The number of rotatable bonds is 41. The van der Waals surface area contributed by atoms with E-state index in [9.17, 15) is 4.79 Å². The SMILES string of the molecule is CCCCCCCCCCCCCCOCCCCCCCCCCCCCC.O=C(CCCCCCCCCCCCCCC(O)O)NO. The second kappa shape index (κ2) is 48.3. The van der Waals surface area contributed by atoms with Crippen LogP contribution in [0.25, 0.3) is 0 Å². The van der Waals surface area contributed by atoms with E-state index < -0.39 is 6.29 Å². The number of hydrogen-bond donors (Lipinski definition) is 4. The van der Waals surface area contributed by atoms with E-state index in [2.05, 4.69) is 13.8 Å². The molecular weight excluding hydrogens is 622 g/mol. The number of carbonyl (C=O) groups is 1. The van der Waals surface area contributed by atoms with Crippen LogP contribution in [0.15, 0.2) is 0 Å². The summed E-state index contributed by atoms with van der Waals surface area (Å²) in [5, 5.41) is 25.7. The fraction of sp³-hybridized carbons (Fsp3) is 0.977. The van der Waals surface area contributed by atoms with Gasteiger partial charge in [0, 0.05) is 19.6 Å². The fourth-order valence-electron chi connectivity index (χ4n) is 6.63. The highest BCUT2D eigenvalue weighted by molar-refractivity contribution is 5.74. The number of hydrogen-bond acceptors (Lipinski definition) is 5. The number of hydroxylamine groups is 1. The molecule has 0 saturated carbocycles. The van der Waals surface area contributed by atoms with Crippen LogP contribution < -0.4 is 5.48 Å². The molecule has 0 atom stereocenters. The minimum absolute atomic E-state index is 0.288. The van der Waals surface area contributed by atoms with Crippen molar-refractivity contribution in [1.82, 2.24) is 5.48 Å². The number of ether oxygens (including phenoxy) is 1. The van der Waals surface area contributed by atoms with Crippen LogP contribution in [0.2, 0.25) is 0 Å². The highest BCUT2D eigenvalue weighted by atomic mass is 16.5. The molecule has 6 heteroatoms. The molecule has 0 bridgehead atoms. The second-order valence-electron chi connectivity index (χ2n) is 15.2. The molecule has 302 valence electrons. The quantitative estimate of drug-likeness (QED) is 0.0219. The van der Waals surface area contributed by atoms with Crippen LogP contribution in [0.1, 0.15) is 258 Å². The topological polar surface area (TPSA) is 99.0 Å². The van der Waals surface area contributed by atoms with E-state index in [0.717, 1.165) is 38.9 Å². The third kappa shape index (κ3) is 51.7. The summed E-state index contributed by atoms with van der Waals surface area (Å²) in [6.07, 6.45) is 47.8. The van der Waals surface area contributed by atoms with Gasteiger partial charge in [-0.1, -0.05) is 219 Å². The van der Waals surface area contributed by atoms with Crippen LogP contribution in [-0.2, 0) is 9.53 Å². The molecule has 0 saturated heterocycles. The molecule has 0 unspecified atom stereocenters. The second-order valence-corrected chi connectivity index (χ2v) is 15.2. The Hall–Kier alpha value is -0.690. The summed E-state index contributed by atoms with van der Waals surface area (Å²) in [6.45, 7) is 6.58. The van der Waals surface area contributed by atoms with E-state index in [4.69, 9.17) is 20.2 Å². The molecule has 0 heterocycles. The molecule has 0 aliphatic carbocycles. The Bertz CT molecular complexity index is 577. The van der Waals surface area contributed by atoms with Gasteiger partial charge in [-0.15, -0.1) is 0 Å². The monoisotopic (exact) mass is 714 g/mol. The largest absolute Gasteiger partial charge is 0.381 e. The van der Waals surface area contributed by atoms with Crippen molar-refractivity contribution in [2.75, 3.05) is 13.2 Å². The zero-order chi connectivity index (χ0) is 36.9. The predicted molar refractivity (Wildman–Crippen MR) is 216 cm³/mol. The Morgan fingerprint density at radius 3 is 0.960 bits per heavy atom. The minimum Gasteiger partial charge on any atom is -0.381 e. The predicted octanol–water partition coefficient (Wildman–Crippen LogP) is 13.7. The van der Waals surface area contributed by atoms with E-state index in [1.807, 2.05) is 0 Å². The van der Waals surface area contributed by atoms with Gasteiger partial charge in [0.1, 0.15) is 0 Å². The molecule has 0 aromatic heterocycles. The number of aliphatic hydroxyl groups excluding tert-OH is 1. The Balaban J connectivity index is 0. The molecule has 0 rings (SSSR count). The number of unbranched alkanes of at least 4 members (excludes halogenated alkanes) is 33. The number of aliphatic hydroxyl groups is 2. The van der Waals surface area contributed by atoms with Crippen LogP contribution in [0, 0.1) is 0 Å². The van der Waals surface area contributed by atoms with E-state index in [1.165, 1.54) is 205 Å². The summed E-state index contributed by atoms with van der Waals surface area (Å²) in [4.78, 5) is 10.8. The van der Waals surface area contributed by atoms with E-state index in [0.29, 0.717) is 12.8 Å². The van der Waals surface area contributed by atoms with Gasteiger partial charge < -0.3 is 14.9 Å². The molecule has 0 radical (unpaired) electrons. The van der Waals surface area contributed by atoms with Gasteiger partial charge in [0.2, 0.25) is 5.91 Å². The smallest absolute Gasteiger partial charge is 0.243 e. The van der Waals surface area contributed by atoms with Gasteiger partial charge in [-0.25, -0.2) is 5.48 Å². The Morgan fingerprint density at radius 1 is 0.420 bits per heavy atom. The van der Waals surface area contributed by atoms with Gasteiger partial charge in [0.05, 0.1) is 0 Å². The summed E-state index contributed by atoms with van der Waals surface area (Å²) in [5.74, 6) is -0.288. The molecule has 6 nitrogen and oxygen atoms in total. The average Bonchev–Trinajstić information content (AvgIpc) is 3.11. The third-order valence-corrected chi connectivity index (χ3v) is 10.0. The lowest BCUT2D eigenvalue weighted by Crippen LogP contribution is -2.17. The molecular formula is C44H91NO5. The Labute approximate surface area is 313 Å². The highest BCUT2D eigenvalue weighted by Crippen LogP contribution is 2.15. The molecule has 1 amide bonds. The summed E-state index contributed by atoms with van der Waals surface area (Å²) < 4.78 is 5.82. The van der Waals surface area contributed by atoms with Crippen LogP contribution in [0.3, 0.4) is 0 Å². The van der Waals surface area contributed by atoms with Crippen molar-refractivity contribution in [2.45, 2.75) is 264 Å². The zero-order valence-corrected chi connectivity index (χ0v) is 34.0. The first-order valence-electron chi connectivity index (χ1n) is 22.4. The van der Waals surface area contributed by atoms with E-state index in [-0.39, 0.29) is 5.91 Å². The first kappa shape index (κ1) is 51.4. The summed E-state index contributed by atoms with van der Waals surface area (Å²) in [5.41, 5.74) is 1.65. The maximum Gasteiger partial charge on any atom is 0.243 e. The van der Waals surface area contributed by atoms with Gasteiger partial charge in [0.25, 0.3) is 0 Å². The average molecular weight is 714 g/mol. The number of amides is 1. The molecule has 0 spiro atoms. The van der Waals surface area contributed by atoms with Gasteiger partial charge >= 0.3 is 0 Å². The maximum absolute atomic E-state index is 10.8. The van der Waals surface area contributed by atoms with Crippen molar-refractivity contribution in [3.63, 3.8) is 0 Å². The van der Waals surface area contributed by atoms with Crippen LogP contribution >= 0.6 is 0 Å². The van der Waals surface area contributed by atoms with Crippen LogP contribution in [0.4, 0.5) is 0 Å². The lowest BCUT2D eigenvalue weighted by molar-refractivity contribution is -0.129. The molecule has 0 aromatic carbocycles. The lowest BCUT2D eigenvalue weighted by atomic mass is 10.0. The maximum atomic E-state index is 10.8. The summed E-state index contributed by atoms with van der Waals surface area (Å²) in [6, 6.07) is 0. The molecule has 0 aliphatic heterocycles. The zero-order valence-electron chi connectivity index (χ0n) is 34.0. The van der Waals surface area contributed by atoms with Crippen LogP contribution in [-0.4, -0.2) is 40.8 Å². The van der Waals surface area contributed by atoms with Crippen molar-refractivity contribution >= 4 is 5.91 Å². The molecule has 0 aromatic rings. The minimum atomic E-state index is -1.14. The summed E-state index contributed by atoms with van der Waals surface area (Å²) >= 11 is 0. The van der Waals surface area contributed by atoms with Gasteiger partial charge in [-0.2, -0.15) is 0 Å². The summed E-state index contributed by atoms with van der Waals surface area (Å²) in [7, 11) is 0. The molecule has 4 N–H and O–H groups in total. The number of nitrogens with one attached hydrogen (secondary N) is 1. The van der Waals surface area contributed by atoms with Crippen molar-refractivity contribution in [1.29, 1.82) is 0 Å². The Morgan fingerprint density at radius 2 is 0.680 bits per heavy atom.